The highest BCUT2D eigenvalue weighted by atomic mass is 16.2. The fourth-order valence-electron chi connectivity index (χ4n) is 3.91. The molecule has 0 unspecified atom stereocenters. The molecule has 2 amide bonds. The molecule has 0 saturated heterocycles. The fraction of sp³-hybridized carbons (Fsp3) is 0.259. The third kappa shape index (κ3) is 5.34. The minimum atomic E-state index is -0.182. The first-order chi connectivity index (χ1) is 16.2. The van der Waals surface area contributed by atoms with E-state index in [1.54, 1.807) is 24.3 Å². The Morgan fingerprint density at radius 1 is 0.848 bits per heavy atom. The molecule has 6 nitrogen and oxygen atoms in total. The third-order valence-electron chi connectivity index (χ3n) is 5.81. The lowest BCUT2D eigenvalue weighted by Gasteiger charge is -2.19. The number of pyridine rings is 1. The Kier molecular flexibility index (Phi) is 7.25. The number of imide groups is 1. The van der Waals surface area contributed by atoms with E-state index in [9.17, 15) is 9.59 Å². The summed E-state index contributed by atoms with van der Waals surface area (Å²) in [7, 11) is 0. The molecule has 0 fully saturated rings. The Balaban J connectivity index is 1.31. The van der Waals surface area contributed by atoms with Gasteiger partial charge < -0.3 is 0 Å². The van der Waals surface area contributed by atoms with Crippen molar-refractivity contribution in [2.75, 3.05) is 18.1 Å². The SMILES string of the molecule is CC[n+]1ccc(/C=N/N(CCCCCN2C(=O)c3ccccc3C2=O)c2ccccc2)cc1. The third-order valence-corrected chi connectivity index (χ3v) is 5.81. The van der Waals surface area contributed by atoms with Crippen LogP contribution in [0.3, 0.4) is 0 Å². The van der Waals surface area contributed by atoms with E-state index in [-0.39, 0.29) is 11.8 Å². The lowest BCUT2D eigenvalue weighted by atomic mass is 10.1. The van der Waals surface area contributed by atoms with E-state index < -0.39 is 0 Å². The number of hydrogen-bond acceptors (Lipinski definition) is 4. The van der Waals surface area contributed by atoms with Crippen LogP contribution in [-0.4, -0.2) is 36.0 Å². The van der Waals surface area contributed by atoms with Crippen LogP contribution in [0.25, 0.3) is 0 Å². The molecule has 0 bridgehead atoms. The molecular weight excluding hydrogens is 412 g/mol. The Morgan fingerprint density at radius 2 is 1.48 bits per heavy atom. The topological polar surface area (TPSA) is 56.9 Å². The predicted molar refractivity (Wildman–Crippen MR) is 129 cm³/mol. The molecule has 0 aliphatic carbocycles. The number of carbonyl (C=O) groups excluding carboxylic acids is 2. The van der Waals surface area contributed by atoms with Crippen molar-refractivity contribution in [1.29, 1.82) is 0 Å². The Morgan fingerprint density at radius 3 is 2.12 bits per heavy atom. The number of hydrogen-bond donors (Lipinski definition) is 0. The quantitative estimate of drug-likeness (QED) is 0.155. The number of fused-ring (bicyclic) bond motifs is 1. The van der Waals surface area contributed by atoms with Crippen LogP contribution in [0.15, 0.2) is 84.2 Å². The van der Waals surface area contributed by atoms with Crippen molar-refractivity contribution in [2.45, 2.75) is 32.7 Å². The summed E-state index contributed by atoms with van der Waals surface area (Å²) in [6, 6.07) is 21.2. The van der Waals surface area contributed by atoms with Crippen LogP contribution in [0.2, 0.25) is 0 Å². The normalized spacial score (nSPS) is 13.1. The molecule has 6 heteroatoms. The highest BCUT2D eigenvalue weighted by molar-refractivity contribution is 6.21. The van der Waals surface area contributed by atoms with Crippen molar-refractivity contribution in [3.05, 3.63) is 95.8 Å². The van der Waals surface area contributed by atoms with Gasteiger partial charge in [0.05, 0.1) is 23.0 Å². The van der Waals surface area contributed by atoms with Gasteiger partial charge in [-0.3, -0.25) is 19.5 Å². The average Bonchev–Trinajstić information content (AvgIpc) is 3.11. The maximum absolute atomic E-state index is 12.5. The van der Waals surface area contributed by atoms with Crippen molar-refractivity contribution in [3.63, 3.8) is 0 Å². The molecular formula is C27H29N4O2+. The molecule has 3 aromatic rings. The minimum Gasteiger partial charge on any atom is -0.274 e. The first-order valence-corrected chi connectivity index (χ1v) is 11.5. The smallest absolute Gasteiger partial charge is 0.261 e. The Hall–Kier alpha value is -3.80. The van der Waals surface area contributed by atoms with Gasteiger partial charge in [0, 0.05) is 30.8 Å². The van der Waals surface area contributed by atoms with Gasteiger partial charge in [0.1, 0.15) is 6.54 Å². The molecule has 168 valence electrons. The number of para-hydroxylation sites is 1. The lowest BCUT2D eigenvalue weighted by Crippen LogP contribution is -2.30. The van der Waals surface area contributed by atoms with Crippen molar-refractivity contribution in [2.24, 2.45) is 5.10 Å². The number of carbonyl (C=O) groups is 2. The van der Waals surface area contributed by atoms with Gasteiger partial charge in [-0.2, -0.15) is 5.10 Å². The van der Waals surface area contributed by atoms with E-state index in [2.05, 4.69) is 23.6 Å². The number of aryl methyl sites for hydroxylation is 1. The molecule has 2 heterocycles. The number of rotatable bonds is 10. The van der Waals surface area contributed by atoms with Crippen LogP contribution in [0.5, 0.6) is 0 Å². The molecule has 1 aromatic heterocycles. The lowest BCUT2D eigenvalue weighted by molar-refractivity contribution is -0.693. The highest BCUT2D eigenvalue weighted by Gasteiger charge is 2.34. The van der Waals surface area contributed by atoms with Gasteiger partial charge in [0.2, 0.25) is 0 Å². The molecule has 0 radical (unpaired) electrons. The molecule has 33 heavy (non-hydrogen) atoms. The summed E-state index contributed by atoms with van der Waals surface area (Å²) < 4.78 is 2.11. The standard InChI is InChI=1S/C27H29N4O2/c1-2-29-19-15-22(16-20-29)21-28-31(23-11-5-3-6-12-23)18-10-4-9-17-30-26(32)24-13-7-8-14-25(24)27(30)33/h3,5-8,11-16,19-21H,2,4,9-10,17-18H2,1H3/q+1. The van der Waals surface area contributed by atoms with Gasteiger partial charge in [-0.25, -0.2) is 4.57 Å². The summed E-state index contributed by atoms with van der Waals surface area (Å²) >= 11 is 0. The van der Waals surface area contributed by atoms with E-state index in [0.717, 1.165) is 43.6 Å². The van der Waals surface area contributed by atoms with Crippen molar-refractivity contribution < 1.29 is 14.2 Å². The van der Waals surface area contributed by atoms with Gasteiger partial charge in [-0.1, -0.05) is 30.3 Å². The van der Waals surface area contributed by atoms with E-state index in [0.29, 0.717) is 17.7 Å². The monoisotopic (exact) mass is 441 g/mol. The zero-order valence-electron chi connectivity index (χ0n) is 18.9. The molecule has 0 atom stereocenters. The summed E-state index contributed by atoms with van der Waals surface area (Å²) in [5.41, 5.74) is 3.11. The number of nitrogens with zero attached hydrogens (tertiary/aromatic N) is 4. The van der Waals surface area contributed by atoms with Crippen LogP contribution in [-0.2, 0) is 6.54 Å². The van der Waals surface area contributed by atoms with Gasteiger partial charge in [-0.05, 0) is 50.5 Å². The second kappa shape index (κ2) is 10.7. The molecule has 0 N–H and O–H groups in total. The number of anilines is 1. The second-order valence-electron chi connectivity index (χ2n) is 8.03. The van der Waals surface area contributed by atoms with E-state index >= 15 is 0 Å². The average molecular weight is 442 g/mol. The van der Waals surface area contributed by atoms with Crippen LogP contribution < -0.4 is 9.58 Å². The number of aromatic nitrogens is 1. The fourth-order valence-corrected chi connectivity index (χ4v) is 3.91. The van der Waals surface area contributed by atoms with Gasteiger partial charge in [0.25, 0.3) is 11.8 Å². The van der Waals surface area contributed by atoms with E-state index in [1.165, 1.54) is 4.90 Å². The summed E-state index contributed by atoms with van der Waals surface area (Å²) in [5.74, 6) is -0.364. The zero-order chi connectivity index (χ0) is 23.0. The summed E-state index contributed by atoms with van der Waals surface area (Å²) in [6.45, 7) is 4.25. The summed E-state index contributed by atoms with van der Waals surface area (Å²) in [6.07, 6.45) is 8.55. The predicted octanol–water partition coefficient (Wildman–Crippen LogP) is 4.30. The number of unbranched alkanes of at least 4 members (excludes halogenated alkanes) is 2. The molecule has 0 spiro atoms. The summed E-state index contributed by atoms with van der Waals surface area (Å²) in [4.78, 5) is 26.4. The minimum absolute atomic E-state index is 0.182. The van der Waals surface area contributed by atoms with Gasteiger partial charge >= 0.3 is 0 Å². The summed E-state index contributed by atoms with van der Waals surface area (Å²) in [5, 5.41) is 6.73. The number of benzene rings is 2. The van der Waals surface area contributed by atoms with Crippen LogP contribution in [0.4, 0.5) is 5.69 Å². The Bertz CT molecular complexity index is 1090. The second-order valence-corrected chi connectivity index (χ2v) is 8.03. The van der Waals surface area contributed by atoms with Crippen molar-refractivity contribution >= 4 is 23.7 Å². The molecule has 0 saturated carbocycles. The molecule has 1 aliphatic heterocycles. The zero-order valence-corrected chi connectivity index (χ0v) is 18.9. The molecule has 2 aromatic carbocycles. The van der Waals surface area contributed by atoms with Crippen LogP contribution >= 0.6 is 0 Å². The largest absolute Gasteiger partial charge is 0.274 e. The van der Waals surface area contributed by atoms with Crippen LogP contribution in [0.1, 0.15) is 52.5 Å². The first kappa shape index (κ1) is 22.4. The van der Waals surface area contributed by atoms with Crippen molar-refractivity contribution in [3.8, 4) is 0 Å². The number of hydrazone groups is 1. The van der Waals surface area contributed by atoms with Gasteiger partial charge in [-0.15, -0.1) is 0 Å². The Labute approximate surface area is 194 Å². The molecule has 4 rings (SSSR count). The van der Waals surface area contributed by atoms with E-state index in [1.807, 2.05) is 53.9 Å². The maximum atomic E-state index is 12.5. The molecule has 1 aliphatic rings. The van der Waals surface area contributed by atoms with Gasteiger partial charge in [0.15, 0.2) is 12.4 Å². The van der Waals surface area contributed by atoms with Crippen molar-refractivity contribution in [1.82, 2.24) is 4.90 Å². The van der Waals surface area contributed by atoms with E-state index in [4.69, 9.17) is 5.10 Å². The number of amides is 2. The van der Waals surface area contributed by atoms with Crippen LogP contribution in [0, 0.1) is 0 Å². The highest BCUT2D eigenvalue weighted by Crippen LogP contribution is 2.23. The first-order valence-electron chi connectivity index (χ1n) is 11.5. The maximum Gasteiger partial charge on any atom is 0.261 e.